The average Bonchev–Trinajstić information content (AvgIpc) is 3.25. The van der Waals surface area contributed by atoms with Gasteiger partial charge in [0.15, 0.2) is 0 Å². The molecular formula is C17H30N2O3. The number of rotatable bonds is 8. The molecule has 1 aliphatic carbocycles. The van der Waals surface area contributed by atoms with Crippen molar-refractivity contribution in [2.45, 2.75) is 76.9 Å². The Morgan fingerprint density at radius 3 is 2.36 bits per heavy atom. The summed E-state index contributed by atoms with van der Waals surface area (Å²) in [6.45, 7) is 4.99. The summed E-state index contributed by atoms with van der Waals surface area (Å²) in [4.78, 5) is 23.7. The highest BCUT2D eigenvalue weighted by Crippen LogP contribution is 2.44. The molecule has 0 aromatic heterocycles. The highest BCUT2D eigenvalue weighted by atomic mass is 16.6. The molecule has 0 aromatic rings. The summed E-state index contributed by atoms with van der Waals surface area (Å²) in [5, 5.41) is 2.98. The van der Waals surface area contributed by atoms with E-state index in [0.29, 0.717) is 12.6 Å². The van der Waals surface area contributed by atoms with Gasteiger partial charge in [-0.3, -0.25) is 9.59 Å². The number of epoxide rings is 1. The molecule has 2 amide bonds. The van der Waals surface area contributed by atoms with Gasteiger partial charge in [0.1, 0.15) is 0 Å². The number of hydrogen-bond donors (Lipinski definition) is 2. The maximum Gasteiger partial charge on any atom is 0.223 e. The molecule has 2 aliphatic rings. The van der Waals surface area contributed by atoms with Crippen LogP contribution >= 0.6 is 0 Å². The molecule has 0 radical (unpaired) electrons. The van der Waals surface area contributed by atoms with Crippen molar-refractivity contribution in [2.24, 2.45) is 17.6 Å². The van der Waals surface area contributed by atoms with E-state index in [4.69, 9.17) is 10.5 Å². The van der Waals surface area contributed by atoms with Gasteiger partial charge in [0.2, 0.25) is 11.8 Å². The summed E-state index contributed by atoms with van der Waals surface area (Å²) < 4.78 is 5.80. The van der Waals surface area contributed by atoms with Crippen molar-refractivity contribution in [2.75, 3.05) is 6.54 Å². The highest BCUT2D eigenvalue weighted by Gasteiger charge is 2.52. The second kappa shape index (κ2) is 7.44. The van der Waals surface area contributed by atoms with Gasteiger partial charge in [0.05, 0.1) is 11.7 Å². The fourth-order valence-electron chi connectivity index (χ4n) is 3.86. The number of carbonyl (C=O) groups is 2. The van der Waals surface area contributed by atoms with Crippen molar-refractivity contribution in [3.05, 3.63) is 0 Å². The van der Waals surface area contributed by atoms with Crippen LogP contribution in [0.25, 0.3) is 0 Å². The van der Waals surface area contributed by atoms with Gasteiger partial charge < -0.3 is 15.8 Å². The molecule has 3 N–H and O–H groups in total. The van der Waals surface area contributed by atoms with Crippen molar-refractivity contribution in [1.82, 2.24) is 5.32 Å². The molecular weight excluding hydrogens is 280 g/mol. The first-order chi connectivity index (χ1) is 10.5. The largest absolute Gasteiger partial charge is 0.369 e. The summed E-state index contributed by atoms with van der Waals surface area (Å²) in [5.74, 6) is -0.846. The van der Waals surface area contributed by atoms with E-state index >= 15 is 0 Å². The topological polar surface area (TPSA) is 84.7 Å². The van der Waals surface area contributed by atoms with Gasteiger partial charge in [-0.05, 0) is 38.5 Å². The molecule has 126 valence electrons. The van der Waals surface area contributed by atoms with E-state index in [9.17, 15) is 9.59 Å². The summed E-state index contributed by atoms with van der Waals surface area (Å²) in [6, 6.07) is 0. The summed E-state index contributed by atoms with van der Waals surface area (Å²) in [5.41, 5.74) is 5.52. The van der Waals surface area contributed by atoms with Crippen molar-refractivity contribution in [3.63, 3.8) is 0 Å². The summed E-state index contributed by atoms with van der Waals surface area (Å²) >= 11 is 0. The van der Waals surface area contributed by atoms with Gasteiger partial charge in [0, 0.05) is 18.4 Å². The molecule has 1 aliphatic heterocycles. The quantitative estimate of drug-likeness (QED) is 0.532. The van der Waals surface area contributed by atoms with Gasteiger partial charge in [0.25, 0.3) is 0 Å². The van der Waals surface area contributed by atoms with Gasteiger partial charge in [-0.1, -0.05) is 26.7 Å². The molecule has 3 unspecified atom stereocenters. The Kier molecular flexibility index (Phi) is 5.84. The number of primary amides is 1. The van der Waals surface area contributed by atoms with Crippen LogP contribution < -0.4 is 11.1 Å². The Balaban J connectivity index is 1.68. The van der Waals surface area contributed by atoms with Crippen LogP contribution in [0.3, 0.4) is 0 Å². The zero-order chi connectivity index (χ0) is 16.2. The van der Waals surface area contributed by atoms with Crippen molar-refractivity contribution in [1.29, 1.82) is 0 Å². The van der Waals surface area contributed by atoms with E-state index in [1.54, 1.807) is 0 Å². The lowest BCUT2D eigenvalue weighted by molar-refractivity contribution is -0.134. The molecule has 1 saturated carbocycles. The molecule has 1 heterocycles. The van der Waals surface area contributed by atoms with Gasteiger partial charge in [-0.2, -0.15) is 0 Å². The Labute approximate surface area is 133 Å². The number of hydrogen-bond acceptors (Lipinski definition) is 3. The minimum absolute atomic E-state index is 0.00235. The molecule has 2 rings (SSSR count). The Morgan fingerprint density at radius 2 is 1.82 bits per heavy atom. The van der Waals surface area contributed by atoms with E-state index < -0.39 is 0 Å². The molecule has 0 spiro atoms. The molecule has 5 nitrogen and oxygen atoms in total. The summed E-state index contributed by atoms with van der Waals surface area (Å²) in [7, 11) is 0. The van der Waals surface area contributed by atoms with Crippen molar-refractivity contribution >= 4 is 11.8 Å². The van der Waals surface area contributed by atoms with Gasteiger partial charge in [-0.25, -0.2) is 0 Å². The van der Waals surface area contributed by atoms with Crippen LogP contribution in [0.2, 0.25) is 0 Å². The Morgan fingerprint density at radius 1 is 1.18 bits per heavy atom. The Bertz CT molecular complexity index is 407. The molecule has 0 bridgehead atoms. The normalized spacial score (nSPS) is 29.8. The maximum atomic E-state index is 12.3. The zero-order valence-electron chi connectivity index (χ0n) is 13.9. The lowest BCUT2D eigenvalue weighted by Crippen LogP contribution is -2.42. The highest BCUT2D eigenvalue weighted by molar-refractivity contribution is 5.87. The molecule has 1 saturated heterocycles. The van der Waals surface area contributed by atoms with E-state index in [-0.39, 0.29) is 29.3 Å². The Hall–Kier alpha value is -1.10. The number of nitrogens with two attached hydrogens (primary N) is 1. The molecule has 22 heavy (non-hydrogen) atoms. The average molecular weight is 310 g/mol. The van der Waals surface area contributed by atoms with Crippen LogP contribution in [-0.4, -0.2) is 30.1 Å². The predicted molar refractivity (Wildman–Crippen MR) is 85.1 cm³/mol. The SMILES string of the molecule is CCC1(CC)OC1CCCNC(=O)C1CCCCC1C(N)=O. The molecule has 2 fully saturated rings. The fraction of sp³-hybridized carbons (Fsp3) is 0.882. The second-order valence-electron chi connectivity index (χ2n) is 6.71. The number of ether oxygens (including phenoxy) is 1. The minimum atomic E-state index is -0.332. The smallest absolute Gasteiger partial charge is 0.223 e. The van der Waals surface area contributed by atoms with E-state index in [1.165, 1.54) is 0 Å². The van der Waals surface area contributed by atoms with Crippen LogP contribution in [-0.2, 0) is 14.3 Å². The summed E-state index contributed by atoms with van der Waals surface area (Å²) in [6.07, 6.45) is 7.91. The number of amides is 2. The number of nitrogens with one attached hydrogen (secondary N) is 1. The second-order valence-corrected chi connectivity index (χ2v) is 6.71. The molecule has 3 atom stereocenters. The van der Waals surface area contributed by atoms with Crippen molar-refractivity contribution in [3.8, 4) is 0 Å². The zero-order valence-corrected chi connectivity index (χ0v) is 13.9. The molecule has 5 heteroatoms. The standard InChI is InChI=1S/C17H30N2O3/c1-3-17(4-2)14(22-17)10-7-11-19-16(21)13-9-6-5-8-12(13)15(18)20/h12-14H,3-11H2,1-2H3,(H2,18,20)(H,19,21). The first-order valence-corrected chi connectivity index (χ1v) is 8.79. The van der Waals surface area contributed by atoms with Crippen LogP contribution in [0, 0.1) is 11.8 Å². The minimum Gasteiger partial charge on any atom is -0.369 e. The third-order valence-electron chi connectivity index (χ3n) is 5.51. The van der Waals surface area contributed by atoms with Crippen LogP contribution in [0.5, 0.6) is 0 Å². The van der Waals surface area contributed by atoms with Crippen molar-refractivity contribution < 1.29 is 14.3 Å². The lowest BCUT2D eigenvalue weighted by atomic mass is 9.78. The first-order valence-electron chi connectivity index (χ1n) is 8.79. The molecule has 0 aromatic carbocycles. The van der Waals surface area contributed by atoms with Crippen LogP contribution in [0.1, 0.15) is 65.2 Å². The maximum absolute atomic E-state index is 12.3. The lowest BCUT2D eigenvalue weighted by Gasteiger charge is -2.28. The van der Waals surface area contributed by atoms with Crippen LogP contribution in [0.4, 0.5) is 0 Å². The van der Waals surface area contributed by atoms with E-state index in [2.05, 4.69) is 19.2 Å². The van der Waals surface area contributed by atoms with E-state index in [1.807, 2.05) is 0 Å². The number of carbonyl (C=O) groups excluding carboxylic acids is 2. The third kappa shape index (κ3) is 3.80. The van der Waals surface area contributed by atoms with Gasteiger partial charge in [-0.15, -0.1) is 0 Å². The fourth-order valence-corrected chi connectivity index (χ4v) is 3.86. The third-order valence-corrected chi connectivity index (χ3v) is 5.51. The van der Waals surface area contributed by atoms with Gasteiger partial charge >= 0.3 is 0 Å². The van der Waals surface area contributed by atoms with Crippen LogP contribution in [0.15, 0.2) is 0 Å². The van der Waals surface area contributed by atoms with E-state index in [0.717, 1.165) is 51.4 Å². The monoisotopic (exact) mass is 310 g/mol. The predicted octanol–water partition coefficient (Wildman–Crippen LogP) is 2.13. The first kappa shape index (κ1) is 17.3.